The Kier molecular flexibility index (Phi) is 4.73. The zero-order valence-electron chi connectivity index (χ0n) is 12.0. The molecule has 2 aromatic carbocycles. The molecule has 0 aliphatic heterocycles. The first-order valence-electron chi connectivity index (χ1n) is 7.06. The molecule has 5 heteroatoms. The van der Waals surface area contributed by atoms with E-state index >= 15 is 0 Å². The minimum Gasteiger partial charge on any atom is -0.489 e. The smallest absolute Gasteiger partial charge is 0.144 e. The molecule has 2 aromatic rings. The van der Waals surface area contributed by atoms with Gasteiger partial charge in [-0.15, -0.1) is 6.42 Å². The highest BCUT2D eigenvalue weighted by Crippen LogP contribution is 2.46. The average Bonchev–Trinajstić information content (AvgIpc) is 3.28. The number of halogens is 4. The van der Waals surface area contributed by atoms with Crippen LogP contribution in [0.15, 0.2) is 24.3 Å². The van der Waals surface area contributed by atoms with Gasteiger partial charge in [-0.3, -0.25) is 0 Å². The van der Waals surface area contributed by atoms with Crippen molar-refractivity contribution in [1.82, 2.24) is 0 Å². The number of terminal acetylenes is 1. The Balaban J connectivity index is 1.86. The zero-order valence-corrected chi connectivity index (χ0v) is 14.3. The summed E-state index contributed by atoms with van der Waals surface area (Å²) < 4.78 is 19.5. The molecule has 0 aromatic heterocycles. The summed E-state index contributed by atoms with van der Waals surface area (Å²) in [4.78, 5) is 0. The van der Waals surface area contributed by atoms with E-state index in [4.69, 9.17) is 46.0 Å². The molecular formula is C18H12Cl3FO. The van der Waals surface area contributed by atoms with Crippen LogP contribution >= 0.6 is 34.8 Å². The Morgan fingerprint density at radius 2 is 1.87 bits per heavy atom. The molecule has 118 valence electrons. The van der Waals surface area contributed by atoms with Gasteiger partial charge in [0.25, 0.3) is 0 Å². The van der Waals surface area contributed by atoms with Crippen molar-refractivity contribution < 1.29 is 9.13 Å². The van der Waals surface area contributed by atoms with Gasteiger partial charge in [0.1, 0.15) is 18.2 Å². The molecule has 1 fully saturated rings. The molecule has 0 spiro atoms. The van der Waals surface area contributed by atoms with Crippen molar-refractivity contribution >= 4 is 34.8 Å². The Labute approximate surface area is 149 Å². The quantitative estimate of drug-likeness (QED) is 0.581. The summed E-state index contributed by atoms with van der Waals surface area (Å²) in [5.74, 6) is 2.39. The first kappa shape index (κ1) is 16.5. The third kappa shape index (κ3) is 3.58. The highest BCUT2D eigenvalue weighted by Gasteiger charge is 2.28. The van der Waals surface area contributed by atoms with Gasteiger partial charge in [-0.2, -0.15) is 0 Å². The molecular weight excluding hydrogens is 358 g/mol. The van der Waals surface area contributed by atoms with Gasteiger partial charge in [0, 0.05) is 22.2 Å². The number of hydrogen-bond acceptors (Lipinski definition) is 1. The predicted molar refractivity (Wildman–Crippen MR) is 92.1 cm³/mol. The summed E-state index contributed by atoms with van der Waals surface area (Å²) in [6.45, 7) is 0.233. The maximum Gasteiger partial charge on any atom is 0.144 e. The van der Waals surface area contributed by atoms with Crippen LogP contribution in [0.3, 0.4) is 0 Å². The third-order valence-corrected chi connectivity index (χ3v) is 4.55. The lowest BCUT2D eigenvalue weighted by Crippen LogP contribution is -2.01. The van der Waals surface area contributed by atoms with Crippen molar-refractivity contribution in [3.05, 3.63) is 61.8 Å². The fraction of sp³-hybridized carbons (Fsp3) is 0.222. The molecule has 0 N–H and O–H groups in total. The maximum atomic E-state index is 13.8. The number of benzene rings is 2. The van der Waals surface area contributed by atoms with Gasteiger partial charge in [-0.05, 0) is 42.0 Å². The monoisotopic (exact) mass is 368 g/mol. The van der Waals surface area contributed by atoms with Crippen molar-refractivity contribution in [1.29, 1.82) is 0 Å². The molecule has 0 heterocycles. The van der Waals surface area contributed by atoms with E-state index in [1.807, 2.05) is 6.07 Å². The van der Waals surface area contributed by atoms with E-state index in [1.54, 1.807) is 6.07 Å². The van der Waals surface area contributed by atoms with E-state index in [-0.39, 0.29) is 17.2 Å². The molecule has 1 nitrogen and oxygen atoms in total. The second kappa shape index (κ2) is 6.61. The summed E-state index contributed by atoms with van der Waals surface area (Å²) >= 11 is 18.3. The normalized spacial score (nSPS) is 13.7. The molecule has 0 saturated heterocycles. The van der Waals surface area contributed by atoms with Crippen LogP contribution in [0.25, 0.3) is 0 Å². The van der Waals surface area contributed by atoms with Crippen LogP contribution in [0.5, 0.6) is 5.75 Å². The van der Waals surface area contributed by atoms with Crippen molar-refractivity contribution in [3.63, 3.8) is 0 Å². The first-order chi connectivity index (χ1) is 11.0. The van der Waals surface area contributed by atoms with Crippen LogP contribution in [0.2, 0.25) is 15.1 Å². The number of ether oxygens (including phenoxy) is 1. The Hall–Kier alpha value is -1.40. The number of hydrogen-bond donors (Lipinski definition) is 0. The molecule has 1 saturated carbocycles. The van der Waals surface area contributed by atoms with Crippen molar-refractivity contribution in [2.75, 3.05) is 0 Å². The van der Waals surface area contributed by atoms with Gasteiger partial charge in [-0.25, -0.2) is 4.39 Å². The first-order valence-corrected chi connectivity index (χ1v) is 8.19. The van der Waals surface area contributed by atoms with Crippen LogP contribution in [0.1, 0.15) is 35.4 Å². The lowest BCUT2D eigenvalue weighted by Gasteiger charge is -2.14. The third-order valence-electron chi connectivity index (χ3n) is 3.72. The highest BCUT2D eigenvalue weighted by molar-refractivity contribution is 6.35. The molecule has 23 heavy (non-hydrogen) atoms. The molecule has 0 radical (unpaired) electrons. The van der Waals surface area contributed by atoms with Gasteiger partial charge >= 0.3 is 0 Å². The van der Waals surface area contributed by atoms with Crippen LogP contribution in [-0.4, -0.2) is 0 Å². The molecule has 0 bridgehead atoms. The van der Waals surface area contributed by atoms with E-state index in [0.29, 0.717) is 21.7 Å². The van der Waals surface area contributed by atoms with E-state index in [0.717, 1.165) is 24.0 Å². The van der Waals surface area contributed by atoms with Gasteiger partial charge in [0.15, 0.2) is 0 Å². The maximum absolute atomic E-state index is 13.8. The summed E-state index contributed by atoms with van der Waals surface area (Å²) in [6, 6.07) is 6.29. The van der Waals surface area contributed by atoms with Crippen LogP contribution in [0.4, 0.5) is 4.39 Å². The molecule has 0 atom stereocenters. The van der Waals surface area contributed by atoms with E-state index in [2.05, 4.69) is 5.92 Å². The van der Waals surface area contributed by atoms with Gasteiger partial charge < -0.3 is 4.74 Å². The Morgan fingerprint density at radius 1 is 1.13 bits per heavy atom. The van der Waals surface area contributed by atoms with Crippen LogP contribution < -0.4 is 4.74 Å². The minimum atomic E-state index is -0.582. The largest absolute Gasteiger partial charge is 0.489 e. The van der Waals surface area contributed by atoms with Crippen LogP contribution in [0, 0.1) is 18.2 Å². The summed E-state index contributed by atoms with van der Waals surface area (Å²) in [5.41, 5.74) is 1.99. The Bertz CT molecular complexity index is 784. The lowest BCUT2D eigenvalue weighted by molar-refractivity contribution is 0.303. The lowest BCUT2D eigenvalue weighted by atomic mass is 10.0. The van der Waals surface area contributed by atoms with Gasteiger partial charge in [0.05, 0.1) is 10.6 Å². The second-order valence-electron chi connectivity index (χ2n) is 5.43. The van der Waals surface area contributed by atoms with E-state index in [1.165, 1.54) is 12.1 Å². The van der Waals surface area contributed by atoms with Crippen molar-refractivity contribution in [3.8, 4) is 18.1 Å². The Morgan fingerprint density at radius 3 is 2.48 bits per heavy atom. The standard InChI is InChI=1S/C18H12Cl3FO/c1-2-14-15(20)7-13(8-17(14)22)23-9-11-5-12(19)6-16(21)18(11)10-3-4-10/h1,5-8,10H,3-4,9H2. The molecule has 1 aliphatic rings. The molecule has 0 unspecified atom stereocenters. The summed E-state index contributed by atoms with van der Waals surface area (Å²) in [6.07, 6.45) is 7.42. The SMILES string of the molecule is C#Cc1c(F)cc(OCc2cc(Cl)cc(Cl)c2C2CC2)cc1Cl. The molecule has 1 aliphatic carbocycles. The van der Waals surface area contributed by atoms with E-state index < -0.39 is 5.82 Å². The van der Waals surface area contributed by atoms with E-state index in [9.17, 15) is 4.39 Å². The molecule has 3 rings (SSSR count). The topological polar surface area (TPSA) is 9.23 Å². The molecule has 0 amide bonds. The fourth-order valence-electron chi connectivity index (χ4n) is 2.52. The summed E-state index contributed by atoms with van der Waals surface area (Å²) in [7, 11) is 0. The minimum absolute atomic E-state index is 0.0310. The van der Waals surface area contributed by atoms with Crippen LogP contribution in [-0.2, 0) is 6.61 Å². The second-order valence-corrected chi connectivity index (χ2v) is 6.68. The van der Waals surface area contributed by atoms with Crippen molar-refractivity contribution in [2.45, 2.75) is 25.4 Å². The predicted octanol–water partition coefficient (Wildman–Crippen LogP) is 6.22. The van der Waals surface area contributed by atoms with Crippen molar-refractivity contribution in [2.24, 2.45) is 0 Å². The zero-order chi connectivity index (χ0) is 16.6. The highest BCUT2D eigenvalue weighted by atomic mass is 35.5. The summed E-state index contributed by atoms with van der Waals surface area (Å²) in [5, 5.41) is 1.34. The average molecular weight is 370 g/mol. The van der Waals surface area contributed by atoms with Gasteiger partial charge in [-0.1, -0.05) is 40.7 Å². The van der Waals surface area contributed by atoms with Gasteiger partial charge in [0.2, 0.25) is 0 Å². The number of rotatable bonds is 4. The fourth-order valence-corrected chi connectivity index (χ4v) is 3.46.